The van der Waals surface area contributed by atoms with Crippen LogP contribution in [-0.4, -0.2) is 14.7 Å². The second-order valence-corrected chi connectivity index (χ2v) is 3.72. The van der Waals surface area contributed by atoms with E-state index in [0.29, 0.717) is 5.92 Å². The number of aryl methyl sites for hydroxylation is 1. The van der Waals surface area contributed by atoms with E-state index in [4.69, 9.17) is 0 Å². The zero-order chi connectivity index (χ0) is 9.84. The summed E-state index contributed by atoms with van der Waals surface area (Å²) in [5.41, 5.74) is 0. The van der Waals surface area contributed by atoms with Crippen molar-refractivity contribution in [2.24, 2.45) is 5.92 Å². The number of aliphatic hydroxyl groups excluding tert-OH is 1. The highest BCUT2D eigenvalue weighted by molar-refractivity contribution is 4.96. The first-order valence-electron chi connectivity index (χ1n) is 4.84. The molecule has 0 bridgehead atoms. The number of nitrogens with zero attached hydrogens (tertiary/aromatic N) is 2. The topological polar surface area (TPSA) is 38.0 Å². The summed E-state index contributed by atoms with van der Waals surface area (Å²) in [5.74, 6) is 1.29. The van der Waals surface area contributed by atoms with Crippen LogP contribution in [0.5, 0.6) is 0 Å². The van der Waals surface area contributed by atoms with E-state index in [1.807, 2.05) is 17.7 Å². The maximum absolute atomic E-state index is 9.81. The Labute approximate surface area is 79.4 Å². The molecule has 3 nitrogen and oxygen atoms in total. The summed E-state index contributed by atoms with van der Waals surface area (Å²) in [4.78, 5) is 4.15. The Balaban J connectivity index is 2.69. The molecule has 1 N–H and O–H groups in total. The lowest BCUT2D eigenvalue weighted by atomic mass is 10.1. The summed E-state index contributed by atoms with van der Waals surface area (Å²) in [6.07, 6.45) is 3.99. The predicted octanol–water partition coefficient (Wildman–Crippen LogP) is 1.98. The molecule has 0 aliphatic rings. The van der Waals surface area contributed by atoms with Crippen LogP contribution < -0.4 is 0 Å². The van der Waals surface area contributed by atoms with Gasteiger partial charge in [0, 0.05) is 18.9 Å². The standard InChI is InChI=1S/C10H18N2O/c1-4-12-6-5-11-10(12)9(13)7-8(2)3/h5-6,8-9,13H,4,7H2,1-3H3. The first-order chi connectivity index (χ1) is 6.15. The minimum atomic E-state index is -0.421. The molecule has 0 saturated heterocycles. The third-order valence-electron chi connectivity index (χ3n) is 2.08. The van der Waals surface area contributed by atoms with Gasteiger partial charge in [-0.1, -0.05) is 13.8 Å². The normalized spacial score (nSPS) is 13.6. The zero-order valence-corrected chi connectivity index (χ0v) is 8.57. The summed E-state index contributed by atoms with van der Waals surface area (Å²) in [7, 11) is 0. The molecule has 0 aromatic carbocycles. The summed E-state index contributed by atoms with van der Waals surface area (Å²) < 4.78 is 1.98. The minimum Gasteiger partial charge on any atom is -0.385 e. The van der Waals surface area contributed by atoms with Crippen molar-refractivity contribution in [3.05, 3.63) is 18.2 Å². The summed E-state index contributed by atoms with van der Waals surface area (Å²) in [6, 6.07) is 0. The number of rotatable bonds is 4. The van der Waals surface area contributed by atoms with Gasteiger partial charge in [0.25, 0.3) is 0 Å². The van der Waals surface area contributed by atoms with Gasteiger partial charge in [-0.15, -0.1) is 0 Å². The average molecular weight is 182 g/mol. The van der Waals surface area contributed by atoms with E-state index >= 15 is 0 Å². The lowest BCUT2D eigenvalue weighted by Gasteiger charge is -2.13. The van der Waals surface area contributed by atoms with E-state index in [2.05, 4.69) is 18.8 Å². The molecule has 1 aromatic rings. The van der Waals surface area contributed by atoms with Gasteiger partial charge in [0.05, 0.1) is 0 Å². The lowest BCUT2D eigenvalue weighted by Crippen LogP contribution is -2.09. The molecule has 0 fully saturated rings. The van der Waals surface area contributed by atoms with E-state index in [1.165, 1.54) is 0 Å². The highest BCUT2D eigenvalue weighted by Gasteiger charge is 2.14. The molecular weight excluding hydrogens is 164 g/mol. The molecule has 1 rings (SSSR count). The molecular formula is C10H18N2O. The van der Waals surface area contributed by atoms with Crippen LogP contribution in [0, 0.1) is 5.92 Å². The van der Waals surface area contributed by atoms with Gasteiger partial charge >= 0.3 is 0 Å². The van der Waals surface area contributed by atoms with Gasteiger partial charge in [-0.05, 0) is 19.3 Å². The fourth-order valence-corrected chi connectivity index (χ4v) is 1.44. The lowest BCUT2D eigenvalue weighted by molar-refractivity contribution is 0.137. The van der Waals surface area contributed by atoms with E-state index in [1.54, 1.807) is 6.20 Å². The fourth-order valence-electron chi connectivity index (χ4n) is 1.44. The molecule has 3 heteroatoms. The van der Waals surface area contributed by atoms with Gasteiger partial charge in [0.1, 0.15) is 11.9 Å². The van der Waals surface area contributed by atoms with Crippen molar-refractivity contribution in [3.63, 3.8) is 0 Å². The van der Waals surface area contributed by atoms with Crippen LogP contribution in [0.25, 0.3) is 0 Å². The number of aromatic nitrogens is 2. The van der Waals surface area contributed by atoms with Crippen molar-refractivity contribution in [1.29, 1.82) is 0 Å². The molecule has 0 radical (unpaired) electrons. The van der Waals surface area contributed by atoms with Crippen molar-refractivity contribution >= 4 is 0 Å². The van der Waals surface area contributed by atoms with Crippen LogP contribution in [0.4, 0.5) is 0 Å². The molecule has 13 heavy (non-hydrogen) atoms. The van der Waals surface area contributed by atoms with Crippen molar-refractivity contribution < 1.29 is 5.11 Å². The Hall–Kier alpha value is -0.830. The smallest absolute Gasteiger partial charge is 0.137 e. The van der Waals surface area contributed by atoms with Crippen LogP contribution in [0.3, 0.4) is 0 Å². The summed E-state index contributed by atoms with van der Waals surface area (Å²) in [6.45, 7) is 7.11. The number of hydrogen-bond acceptors (Lipinski definition) is 2. The van der Waals surface area contributed by atoms with Crippen LogP contribution in [0.2, 0.25) is 0 Å². The minimum absolute atomic E-state index is 0.421. The average Bonchev–Trinajstić information content (AvgIpc) is 2.49. The Morgan fingerprint density at radius 3 is 2.77 bits per heavy atom. The monoisotopic (exact) mass is 182 g/mol. The molecule has 1 unspecified atom stereocenters. The molecule has 0 aliphatic heterocycles. The van der Waals surface area contributed by atoms with Gasteiger partial charge in [-0.3, -0.25) is 0 Å². The quantitative estimate of drug-likeness (QED) is 0.773. The maximum atomic E-state index is 9.81. The van der Waals surface area contributed by atoms with Gasteiger partial charge < -0.3 is 9.67 Å². The van der Waals surface area contributed by atoms with Crippen molar-refractivity contribution in [1.82, 2.24) is 9.55 Å². The summed E-state index contributed by atoms with van der Waals surface area (Å²) in [5, 5.41) is 9.81. The zero-order valence-electron chi connectivity index (χ0n) is 8.57. The van der Waals surface area contributed by atoms with Crippen LogP contribution in [0.15, 0.2) is 12.4 Å². The molecule has 0 saturated carbocycles. The Kier molecular flexibility index (Phi) is 3.48. The van der Waals surface area contributed by atoms with Gasteiger partial charge in [0.2, 0.25) is 0 Å². The third kappa shape index (κ3) is 2.56. The highest BCUT2D eigenvalue weighted by Crippen LogP contribution is 2.19. The Bertz CT molecular complexity index is 255. The maximum Gasteiger partial charge on any atom is 0.137 e. The molecule has 0 amide bonds. The van der Waals surface area contributed by atoms with Gasteiger partial charge in [-0.2, -0.15) is 0 Å². The Morgan fingerprint density at radius 1 is 1.54 bits per heavy atom. The van der Waals surface area contributed by atoms with Crippen LogP contribution in [0.1, 0.15) is 39.1 Å². The SMILES string of the molecule is CCn1ccnc1C(O)CC(C)C. The molecule has 74 valence electrons. The molecule has 1 aromatic heterocycles. The van der Waals surface area contributed by atoms with Crippen molar-refractivity contribution in [3.8, 4) is 0 Å². The third-order valence-corrected chi connectivity index (χ3v) is 2.08. The number of aliphatic hydroxyl groups is 1. The molecule has 0 spiro atoms. The second kappa shape index (κ2) is 4.42. The summed E-state index contributed by atoms with van der Waals surface area (Å²) >= 11 is 0. The number of hydrogen-bond donors (Lipinski definition) is 1. The largest absolute Gasteiger partial charge is 0.385 e. The van der Waals surface area contributed by atoms with E-state index < -0.39 is 6.10 Å². The van der Waals surface area contributed by atoms with Gasteiger partial charge in [-0.25, -0.2) is 4.98 Å². The fraction of sp³-hybridized carbons (Fsp3) is 0.700. The molecule has 0 aliphatic carbocycles. The Morgan fingerprint density at radius 2 is 2.23 bits per heavy atom. The van der Waals surface area contributed by atoms with Crippen molar-refractivity contribution in [2.45, 2.75) is 39.8 Å². The van der Waals surface area contributed by atoms with E-state index in [-0.39, 0.29) is 0 Å². The molecule has 1 atom stereocenters. The van der Waals surface area contributed by atoms with Crippen LogP contribution >= 0.6 is 0 Å². The molecule has 1 heterocycles. The predicted molar refractivity (Wildman–Crippen MR) is 52.3 cm³/mol. The van der Waals surface area contributed by atoms with E-state index in [9.17, 15) is 5.11 Å². The highest BCUT2D eigenvalue weighted by atomic mass is 16.3. The van der Waals surface area contributed by atoms with E-state index in [0.717, 1.165) is 18.8 Å². The first-order valence-corrected chi connectivity index (χ1v) is 4.84. The van der Waals surface area contributed by atoms with Crippen LogP contribution in [-0.2, 0) is 6.54 Å². The van der Waals surface area contributed by atoms with Gasteiger partial charge in [0.15, 0.2) is 0 Å². The first kappa shape index (κ1) is 10.3. The number of imidazole rings is 1. The second-order valence-electron chi connectivity index (χ2n) is 3.72. The van der Waals surface area contributed by atoms with Crippen molar-refractivity contribution in [2.75, 3.05) is 0 Å².